The van der Waals surface area contributed by atoms with Crippen LogP contribution in [0.5, 0.6) is 0 Å². The fraction of sp³-hybridized carbons (Fsp3) is 0.0909. The van der Waals surface area contributed by atoms with Crippen LogP contribution in [0, 0.1) is 6.92 Å². The first-order chi connectivity index (χ1) is 7.18. The molecule has 2 aromatic heterocycles. The summed E-state index contributed by atoms with van der Waals surface area (Å²) in [6, 6.07) is 7.11. The van der Waals surface area contributed by atoms with Gasteiger partial charge in [-0.2, -0.15) is 0 Å². The molecule has 0 unspecified atom stereocenters. The second kappa shape index (κ2) is 3.82. The number of nitrogen functional groups attached to an aromatic ring is 1. The SMILES string of the molecule is Cc1ccc(C(=O)c2ncccc2N)s1. The van der Waals surface area contributed by atoms with Gasteiger partial charge in [-0.15, -0.1) is 11.3 Å². The third kappa shape index (κ3) is 1.89. The van der Waals surface area contributed by atoms with Crippen LogP contribution in [-0.2, 0) is 0 Å². The van der Waals surface area contributed by atoms with Crippen molar-refractivity contribution in [2.24, 2.45) is 0 Å². The zero-order valence-electron chi connectivity index (χ0n) is 8.23. The van der Waals surface area contributed by atoms with Crippen molar-refractivity contribution in [2.75, 3.05) is 5.73 Å². The van der Waals surface area contributed by atoms with Gasteiger partial charge in [-0.1, -0.05) is 0 Å². The van der Waals surface area contributed by atoms with E-state index in [1.165, 1.54) is 11.3 Å². The summed E-state index contributed by atoms with van der Waals surface area (Å²) in [6.45, 7) is 1.96. The normalized spacial score (nSPS) is 10.2. The maximum absolute atomic E-state index is 11.9. The number of hydrogen-bond donors (Lipinski definition) is 1. The van der Waals surface area contributed by atoms with Gasteiger partial charge in [0.15, 0.2) is 0 Å². The Morgan fingerprint density at radius 2 is 2.20 bits per heavy atom. The third-order valence-corrected chi connectivity index (χ3v) is 3.02. The number of anilines is 1. The lowest BCUT2D eigenvalue weighted by Crippen LogP contribution is -2.05. The van der Waals surface area contributed by atoms with Gasteiger partial charge in [0.25, 0.3) is 0 Å². The molecule has 4 heteroatoms. The summed E-state index contributed by atoms with van der Waals surface area (Å²) in [6.07, 6.45) is 1.57. The highest BCUT2D eigenvalue weighted by Crippen LogP contribution is 2.20. The first-order valence-electron chi connectivity index (χ1n) is 4.50. The molecule has 3 nitrogen and oxygen atoms in total. The molecule has 2 aromatic rings. The molecular weight excluding hydrogens is 208 g/mol. The largest absolute Gasteiger partial charge is 0.397 e. The lowest BCUT2D eigenvalue weighted by Gasteiger charge is -2.00. The lowest BCUT2D eigenvalue weighted by atomic mass is 10.2. The van der Waals surface area contributed by atoms with Crippen molar-refractivity contribution < 1.29 is 4.79 Å². The van der Waals surface area contributed by atoms with E-state index in [1.54, 1.807) is 24.4 Å². The van der Waals surface area contributed by atoms with Crippen LogP contribution in [-0.4, -0.2) is 10.8 Å². The molecule has 0 aliphatic heterocycles. The van der Waals surface area contributed by atoms with E-state index in [-0.39, 0.29) is 5.78 Å². The molecule has 2 N–H and O–H groups in total. The summed E-state index contributed by atoms with van der Waals surface area (Å²) < 4.78 is 0. The van der Waals surface area contributed by atoms with E-state index in [1.807, 2.05) is 13.0 Å². The first-order valence-corrected chi connectivity index (χ1v) is 5.32. The third-order valence-electron chi connectivity index (χ3n) is 2.02. The second-order valence-corrected chi connectivity index (χ2v) is 4.47. The monoisotopic (exact) mass is 218 g/mol. The number of nitrogens with zero attached hydrogens (tertiary/aromatic N) is 1. The predicted molar refractivity (Wildman–Crippen MR) is 61.1 cm³/mol. The summed E-state index contributed by atoms with van der Waals surface area (Å²) in [4.78, 5) is 17.7. The Kier molecular flexibility index (Phi) is 2.51. The summed E-state index contributed by atoms with van der Waals surface area (Å²) in [5.41, 5.74) is 6.44. The molecule has 0 saturated carbocycles. The Bertz CT molecular complexity index is 505. The van der Waals surface area contributed by atoms with Crippen LogP contribution in [0.3, 0.4) is 0 Å². The van der Waals surface area contributed by atoms with Crippen LogP contribution in [0.15, 0.2) is 30.5 Å². The number of hydrogen-bond acceptors (Lipinski definition) is 4. The predicted octanol–water partition coefficient (Wildman–Crippen LogP) is 2.26. The number of thiophene rings is 1. The van der Waals surface area contributed by atoms with E-state index in [0.717, 1.165) is 4.88 Å². The highest BCUT2D eigenvalue weighted by molar-refractivity contribution is 7.14. The van der Waals surface area contributed by atoms with Crippen molar-refractivity contribution in [2.45, 2.75) is 6.92 Å². The molecular formula is C11H10N2OS. The summed E-state index contributed by atoms with van der Waals surface area (Å²) in [5.74, 6) is -0.105. The number of carbonyl (C=O) groups is 1. The van der Waals surface area contributed by atoms with Crippen molar-refractivity contribution in [3.05, 3.63) is 45.9 Å². The number of aryl methyl sites for hydroxylation is 1. The fourth-order valence-corrected chi connectivity index (χ4v) is 2.09. The van der Waals surface area contributed by atoms with Crippen LogP contribution in [0.25, 0.3) is 0 Å². The molecule has 0 aliphatic carbocycles. The fourth-order valence-electron chi connectivity index (χ4n) is 1.28. The minimum atomic E-state index is -0.105. The van der Waals surface area contributed by atoms with Gasteiger partial charge < -0.3 is 5.73 Å². The first kappa shape index (κ1) is 9.86. The Labute approximate surface area is 91.6 Å². The minimum Gasteiger partial charge on any atom is -0.397 e. The Balaban J connectivity index is 2.41. The van der Waals surface area contributed by atoms with E-state index in [2.05, 4.69) is 4.98 Å². The van der Waals surface area contributed by atoms with Gasteiger partial charge in [0, 0.05) is 11.1 Å². The number of rotatable bonds is 2. The second-order valence-electron chi connectivity index (χ2n) is 3.18. The highest BCUT2D eigenvalue weighted by Gasteiger charge is 2.14. The Hall–Kier alpha value is -1.68. The number of carbonyl (C=O) groups excluding carboxylic acids is 1. The van der Waals surface area contributed by atoms with Gasteiger partial charge in [-0.25, -0.2) is 0 Å². The van der Waals surface area contributed by atoms with Crippen LogP contribution >= 0.6 is 11.3 Å². The number of pyridine rings is 1. The van der Waals surface area contributed by atoms with Crippen LogP contribution in [0.2, 0.25) is 0 Å². The molecule has 0 radical (unpaired) electrons. The maximum atomic E-state index is 11.9. The zero-order chi connectivity index (χ0) is 10.8. The van der Waals surface area contributed by atoms with Crippen molar-refractivity contribution in [1.82, 2.24) is 4.98 Å². The van der Waals surface area contributed by atoms with Gasteiger partial charge >= 0.3 is 0 Å². The van der Waals surface area contributed by atoms with Gasteiger partial charge in [0.2, 0.25) is 5.78 Å². The van der Waals surface area contributed by atoms with E-state index in [9.17, 15) is 4.79 Å². The van der Waals surface area contributed by atoms with Crippen LogP contribution in [0.4, 0.5) is 5.69 Å². The summed E-state index contributed by atoms with van der Waals surface area (Å²) in [5, 5.41) is 0. The zero-order valence-corrected chi connectivity index (χ0v) is 9.04. The molecule has 0 aliphatic rings. The molecule has 0 amide bonds. The average Bonchev–Trinajstić information content (AvgIpc) is 2.65. The van der Waals surface area contributed by atoms with Crippen molar-refractivity contribution in [3.63, 3.8) is 0 Å². The molecule has 0 fully saturated rings. The molecule has 2 rings (SSSR count). The van der Waals surface area contributed by atoms with E-state index < -0.39 is 0 Å². The average molecular weight is 218 g/mol. The number of nitrogens with two attached hydrogens (primary N) is 1. The summed E-state index contributed by atoms with van der Waals surface area (Å²) >= 11 is 1.45. The molecule has 0 saturated heterocycles. The van der Waals surface area contributed by atoms with E-state index >= 15 is 0 Å². The van der Waals surface area contributed by atoms with Gasteiger partial charge in [-0.05, 0) is 31.2 Å². The molecule has 15 heavy (non-hydrogen) atoms. The molecule has 2 heterocycles. The van der Waals surface area contributed by atoms with Crippen molar-refractivity contribution in [1.29, 1.82) is 0 Å². The molecule has 0 aromatic carbocycles. The number of aromatic nitrogens is 1. The Morgan fingerprint density at radius 3 is 2.80 bits per heavy atom. The quantitative estimate of drug-likeness (QED) is 0.787. The van der Waals surface area contributed by atoms with Gasteiger partial charge in [-0.3, -0.25) is 9.78 Å². The molecule has 0 bridgehead atoms. The van der Waals surface area contributed by atoms with Crippen LogP contribution in [0.1, 0.15) is 20.2 Å². The lowest BCUT2D eigenvalue weighted by molar-refractivity contribution is 0.103. The molecule has 0 atom stereocenters. The smallest absolute Gasteiger partial charge is 0.223 e. The van der Waals surface area contributed by atoms with Gasteiger partial charge in [0.1, 0.15) is 5.69 Å². The topological polar surface area (TPSA) is 56.0 Å². The Morgan fingerprint density at radius 1 is 1.40 bits per heavy atom. The van der Waals surface area contributed by atoms with Crippen molar-refractivity contribution >= 4 is 22.8 Å². The van der Waals surface area contributed by atoms with Crippen molar-refractivity contribution in [3.8, 4) is 0 Å². The molecule has 0 spiro atoms. The standard InChI is InChI=1S/C11H10N2OS/c1-7-4-5-9(15-7)11(14)10-8(12)3-2-6-13-10/h2-6H,12H2,1H3. The highest BCUT2D eigenvalue weighted by atomic mass is 32.1. The maximum Gasteiger partial charge on any atom is 0.223 e. The summed E-state index contributed by atoms with van der Waals surface area (Å²) in [7, 11) is 0. The molecule has 76 valence electrons. The van der Waals surface area contributed by atoms with E-state index in [4.69, 9.17) is 5.73 Å². The van der Waals surface area contributed by atoms with E-state index in [0.29, 0.717) is 16.3 Å². The minimum absolute atomic E-state index is 0.105. The van der Waals surface area contributed by atoms with Gasteiger partial charge in [0.05, 0.1) is 10.6 Å². The number of ketones is 1. The van der Waals surface area contributed by atoms with Crippen LogP contribution < -0.4 is 5.73 Å².